The number of hydrogen-bond acceptors (Lipinski definition) is 1. The van der Waals surface area contributed by atoms with Gasteiger partial charge < -0.3 is 0 Å². The Morgan fingerprint density at radius 1 is 1.20 bits per heavy atom. The number of fused-ring (bicyclic) bond motifs is 1. The summed E-state index contributed by atoms with van der Waals surface area (Å²) in [5.41, 5.74) is 1.72. The molecule has 0 bridgehead atoms. The molecule has 0 fully saturated rings. The van der Waals surface area contributed by atoms with Crippen LogP contribution in [0.3, 0.4) is 0 Å². The van der Waals surface area contributed by atoms with E-state index in [1.54, 1.807) is 12.5 Å². The second kappa shape index (κ2) is 2.06. The molecule has 0 N–H and O–H groups in total. The lowest BCUT2D eigenvalue weighted by Crippen LogP contribution is -1.73. The average molecular weight is 132 g/mol. The molecule has 0 aliphatic heterocycles. The molecule has 2 aromatic rings. The first-order valence-corrected chi connectivity index (χ1v) is 3.08. The summed E-state index contributed by atoms with van der Waals surface area (Å²) in [7, 11) is 0. The van der Waals surface area contributed by atoms with Gasteiger partial charge in [-0.25, -0.2) is 9.40 Å². The fraction of sp³-hybridized carbons (Fsp3) is 0. The molecule has 2 rings (SSSR count). The van der Waals surface area contributed by atoms with Gasteiger partial charge in [-0.3, -0.25) is 0 Å². The first kappa shape index (κ1) is 5.35. The second-order valence-corrected chi connectivity index (χ2v) is 2.00. The minimum Gasteiger partial charge on any atom is -0.247 e. The van der Waals surface area contributed by atoms with Gasteiger partial charge in [0, 0.05) is 18.3 Å². The van der Waals surface area contributed by atoms with Crippen LogP contribution in [0.4, 0.5) is 0 Å². The van der Waals surface area contributed by atoms with Crippen molar-refractivity contribution in [2.45, 2.75) is 0 Å². The topological polar surface area (TPSA) is 24.2 Å². The molecule has 0 amide bonds. The highest BCUT2D eigenvalue weighted by Crippen LogP contribution is 2.07. The zero-order chi connectivity index (χ0) is 6.81. The van der Waals surface area contributed by atoms with Gasteiger partial charge in [0.05, 0.1) is 0 Å². The van der Waals surface area contributed by atoms with E-state index < -0.39 is 0 Å². The van der Waals surface area contributed by atoms with E-state index in [9.17, 15) is 0 Å². The highest BCUT2D eigenvalue weighted by molar-refractivity contribution is 5.70. The molecule has 2 heteroatoms. The van der Waals surface area contributed by atoms with Crippen LogP contribution < -0.4 is 0 Å². The molecule has 0 saturated heterocycles. The van der Waals surface area contributed by atoms with Crippen LogP contribution in [0.2, 0.25) is 0 Å². The summed E-state index contributed by atoms with van der Waals surface area (Å²) in [6.45, 7) is 0. The summed E-state index contributed by atoms with van der Waals surface area (Å²) in [5, 5.41) is 0. The van der Waals surface area contributed by atoms with E-state index in [1.165, 1.54) is 0 Å². The van der Waals surface area contributed by atoms with Gasteiger partial charge in [0.15, 0.2) is 5.52 Å². The maximum atomic E-state index is 5.15. The van der Waals surface area contributed by atoms with Gasteiger partial charge in [-0.15, -0.1) is 0 Å². The van der Waals surface area contributed by atoms with Gasteiger partial charge in [0.2, 0.25) is 0 Å². The van der Waals surface area contributed by atoms with Crippen LogP contribution in [-0.4, -0.2) is 4.98 Å². The third kappa shape index (κ3) is 0.739. The lowest BCUT2D eigenvalue weighted by molar-refractivity contribution is 0.602. The van der Waals surface area contributed by atoms with Crippen molar-refractivity contribution in [1.29, 1.82) is 0 Å². The number of rotatable bonds is 0. The molecular formula is C8H6NO+. The van der Waals surface area contributed by atoms with Gasteiger partial charge in [-0.1, -0.05) is 0 Å². The monoisotopic (exact) mass is 132 g/mol. The smallest absolute Gasteiger partial charge is 0.247 e. The molecule has 0 aliphatic rings. The highest BCUT2D eigenvalue weighted by Gasteiger charge is 2.00. The Labute approximate surface area is 58.1 Å². The highest BCUT2D eigenvalue weighted by atomic mass is 16.3. The summed E-state index contributed by atoms with van der Waals surface area (Å²) in [4.78, 5) is 4.09. The van der Waals surface area contributed by atoms with Crippen molar-refractivity contribution in [1.82, 2.24) is 4.98 Å². The van der Waals surface area contributed by atoms with Gasteiger partial charge in [0.25, 0.3) is 0 Å². The number of nitrogens with zero attached hydrogens (tertiary/aromatic N) is 1. The Hall–Kier alpha value is -1.44. The first-order valence-electron chi connectivity index (χ1n) is 3.08. The van der Waals surface area contributed by atoms with E-state index in [2.05, 4.69) is 4.98 Å². The molecule has 48 valence electrons. The third-order valence-electron chi connectivity index (χ3n) is 1.33. The van der Waals surface area contributed by atoms with Gasteiger partial charge in [-0.05, 0) is 12.1 Å². The summed E-state index contributed by atoms with van der Waals surface area (Å²) < 4.78 is 5.15. The third-order valence-corrected chi connectivity index (χ3v) is 1.33. The molecule has 0 atom stereocenters. The number of hydrogen-bond donors (Lipinski definition) is 0. The van der Waals surface area contributed by atoms with Crippen molar-refractivity contribution in [2.75, 3.05) is 0 Å². The fourth-order valence-electron chi connectivity index (χ4n) is 0.871. The molecule has 10 heavy (non-hydrogen) atoms. The van der Waals surface area contributed by atoms with Crippen molar-refractivity contribution < 1.29 is 4.42 Å². The Morgan fingerprint density at radius 3 is 3.10 bits per heavy atom. The van der Waals surface area contributed by atoms with E-state index in [4.69, 9.17) is 4.42 Å². The van der Waals surface area contributed by atoms with Crippen LogP contribution in [0.25, 0.3) is 11.1 Å². The Morgan fingerprint density at radius 2 is 2.20 bits per heavy atom. The van der Waals surface area contributed by atoms with E-state index in [0.717, 1.165) is 11.1 Å². The van der Waals surface area contributed by atoms with Gasteiger partial charge in [0.1, 0.15) is 0 Å². The van der Waals surface area contributed by atoms with E-state index >= 15 is 0 Å². The summed E-state index contributed by atoms with van der Waals surface area (Å²) in [5.74, 6) is 0. The molecule has 0 radical (unpaired) electrons. The van der Waals surface area contributed by atoms with Crippen LogP contribution in [0, 0.1) is 0 Å². The standard InChI is InChI=1S/C8H6NO/c1-4-8-7(9-5-1)3-2-6-10-8/h1-6H/q+1. The van der Waals surface area contributed by atoms with Crippen molar-refractivity contribution in [3.05, 3.63) is 36.7 Å². The molecule has 0 unspecified atom stereocenters. The van der Waals surface area contributed by atoms with Crippen LogP contribution in [0.1, 0.15) is 0 Å². The Kier molecular flexibility index (Phi) is 1.10. The molecule has 0 aliphatic carbocycles. The molecule has 2 heterocycles. The summed E-state index contributed by atoms with van der Waals surface area (Å²) >= 11 is 0. The van der Waals surface area contributed by atoms with Crippen molar-refractivity contribution in [3.8, 4) is 0 Å². The fourth-order valence-corrected chi connectivity index (χ4v) is 0.871. The van der Waals surface area contributed by atoms with Gasteiger partial charge in [-0.2, -0.15) is 0 Å². The number of pyridine rings is 1. The van der Waals surface area contributed by atoms with Crippen LogP contribution in [-0.2, 0) is 0 Å². The van der Waals surface area contributed by atoms with Crippen molar-refractivity contribution in [3.63, 3.8) is 0 Å². The lowest BCUT2D eigenvalue weighted by atomic mass is 10.3. The normalized spacial score (nSPS) is 10.0. The zero-order valence-electron chi connectivity index (χ0n) is 5.32. The van der Waals surface area contributed by atoms with Crippen LogP contribution in [0.15, 0.2) is 41.1 Å². The van der Waals surface area contributed by atoms with Crippen molar-refractivity contribution in [2.24, 2.45) is 0 Å². The Bertz CT molecular complexity index is 280. The lowest BCUT2D eigenvalue weighted by Gasteiger charge is -1.81. The molecule has 0 spiro atoms. The number of aromatic nitrogens is 1. The second-order valence-electron chi connectivity index (χ2n) is 2.00. The van der Waals surface area contributed by atoms with E-state index in [0.29, 0.717) is 0 Å². The molecule has 0 saturated carbocycles. The maximum absolute atomic E-state index is 5.15. The van der Waals surface area contributed by atoms with Crippen LogP contribution >= 0.6 is 0 Å². The minimum absolute atomic E-state index is 0.824. The molecule has 2 aromatic heterocycles. The summed E-state index contributed by atoms with van der Waals surface area (Å²) in [6.07, 6.45) is 3.39. The molecule has 0 aromatic carbocycles. The SMILES string of the molecule is c1c[o+]c2cccnc2c1. The predicted octanol–water partition coefficient (Wildman–Crippen LogP) is 2.11. The first-order chi connectivity index (χ1) is 4.97. The molecule has 2 nitrogen and oxygen atoms in total. The zero-order valence-corrected chi connectivity index (χ0v) is 5.32. The molecular weight excluding hydrogens is 126 g/mol. The van der Waals surface area contributed by atoms with Gasteiger partial charge >= 0.3 is 11.8 Å². The quantitative estimate of drug-likeness (QED) is 0.512. The van der Waals surface area contributed by atoms with Crippen LogP contribution in [0.5, 0.6) is 0 Å². The predicted molar refractivity (Wildman–Crippen MR) is 38.4 cm³/mol. The summed E-state index contributed by atoms with van der Waals surface area (Å²) in [6, 6.07) is 7.49. The minimum atomic E-state index is 0.824. The largest absolute Gasteiger partial charge is 0.377 e. The van der Waals surface area contributed by atoms with Crippen molar-refractivity contribution >= 4 is 11.1 Å². The Balaban J connectivity index is 2.89. The van der Waals surface area contributed by atoms with E-state index in [-0.39, 0.29) is 0 Å². The maximum Gasteiger partial charge on any atom is 0.377 e. The average Bonchev–Trinajstić information content (AvgIpc) is 2.05. The van der Waals surface area contributed by atoms with E-state index in [1.807, 2.05) is 24.3 Å².